The van der Waals surface area contributed by atoms with Crippen LogP contribution in [0.15, 0.2) is 24.3 Å². The molecule has 1 unspecified atom stereocenters. The van der Waals surface area contributed by atoms with Gasteiger partial charge in [0.15, 0.2) is 5.82 Å². The van der Waals surface area contributed by atoms with Crippen LogP contribution in [-0.2, 0) is 4.79 Å². The van der Waals surface area contributed by atoms with E-state index in [9.17, 15) is 4.79 Å². The molecule has 0 aliphatic heterocycles. The number of anilines is 1. The van der Waals surface area contributed by atoms with Gasteiger partial charge in [-0.2, -0.15) is 5.10 Å². The molecular formula is C15H21N5O. The molecule has 1 amide bonds. The van der Waals surface area contributed by atoms with E-state index in [1.807, 2.05) is 31.2 Å². The van der Waals surface area contributed by atoms with Crippen LogP contribution < -0.4 is 10.6 Å². The van der Waals surface area contributed by atoms with E-state index in [2.05, 4.69) is 39.7 Å². The number of aromatic nitrogens is 3. The number of nitrogens with one attached hydrogen (secondary N) is 3. The highest BCUT2D eigenvalue weighted by atomic mass is 16.1. The highest BCUT2D eigenvalue weighted by Crippen LogP contribution is 2.24. The first-order valence-electron chi connectivity index (χ1n) is 7.11. The van der Waals surface area contributed by atoms with Gasteiger partial charge in [-0.15, -0.1) is 0 Å². The van der Waals surface area contributed by atoms with Crippen LogP contribution in [0.1, 0.15) is 26.1 Å². The summed E-state index contributed by atoms with van der Waals surface area (Å²) < 4.78 is 0. The van der Waals surface area contributed by atoms with Crippen molar-refractivity contribution in [3.05, 3.63) is 30.1 Å². The number of hydrogen-bond acceptors (Lipinski definition) is 4. The molecule has 6 nitrogen and oxygen atoms in total. The summed E-state index contributed by atoms with van der Waals surface area (Å²) in [5.74, 6) is 1.25. The second-order valence-electron chi connectivity index (χ2n) is 5.03. The Hall–Kier alpha value is -2.21. The van der Waals surface area contributed by atoms with Crippen LogP contribution in [0.25, 0.3) is 11.4 Å². The largest absolute Gasteiger partial charge is 0.324 e. The number of aromatic amines is 1. The average molecular weight is 287 g/mol. The van der Waals surface area contributed by atoms with Gasteiger partial charge >= 0.3 is 0 Å². The van der Waals surface area contributed by atoms with Crippen molar-refractivity contribution in [2.45, 2.75) is 33.2 Å². The van der Waals surface area contributed by atoms with Gasteiger partial charge in [-0.25, -0.2) is 4.98 Å². The molecule has 2 aromatic rings. The van der Waals surface area contributed by atoms with Gasteiger partial charge in [0.05, 0.1) is 12.2 Å². The topological polar surface area (TPSA) is 82.7 Å². The van der Waals surface area contributed by atoms with Crippen molar-refractivity contribution in [1.82, 2.24) is 20.5 Å². The van der Waals surface area contributed by atoms with Gasteiger partial charge in [0.1, 0.15) is 5.82 Å². The van der Waals surface area contributed by atoms with Crippen molar-refractivity contribution in [3.63, 3.8) is 0 Å². The smallest absolute Gasteiger partial charge is 0.238 e. The molecule has 0 spiro atoms. The second-order valence-corrected chi connectivity index (χ2v) is 5.03. The molecule has 6 heteroatoms. The van der Waals surface area contributed by atoms with Crippen LogP contribution in [0.2, 0.25) is 0 Å². The number of carbonyl (C=O) groups excluding carboxylic acids is 1. The Labute approximate surface area is 124 Å². The van der Waals surface area contributed by atoms with E-state index in [0.717, 1.165) is 17.8 Å². The number of aryl methyl sites for hydroxylation is 1. The molecule has 0 aliphatic carbocycles. The second kappa shape index (κ2) is 6.99. The Bertz CT molecular complexity index is 608. The number of para-hydroxylation sites is 1. The maximum atomic E-state index is 12.0. The molecule has 3 N–H and O–H groups in total. The molecule has 0 bridgehead atoms. The highest BCUT2D eigenvalue weighted by molar-refractivity contribution is 5.95. The number of benzene rings is 1. The molecule has 1 aromatic carbocycles. The van der Waals surface area contributed by atoms with Crippen LogP contribution in [0.3, 0.4) is 0 Å². The molecule has 1 heterocycles. The lowest BCUT2D eigenvalue weighted by atomic mass is 10.1. The predicted octanol–water partition coefficient (Wildman–Crippen LogP) is 2.11. The molecule has 0 saturated heterocycles. The first-order chi connectivity index (χ1) is 10.1. The van der Waals surface area contributed by atoms with E-state index < -0.39 is 0 Å². The zero-order chi connectivity index (χ0) is 15.2. The fourth-order valence-corrected chi connectivity index (χ4v) is 1.86. The van der Waals surface area contributed by atoms with Crippen LogP contribution in [0.4, 0.5) is 5.69 Å². The minimum Gasteiger partial charge on any atom is -0.324 e. The van der Waals surface area contributed by atoms with Gasteiger partial charge in [0.2, 0.25) is 5.91 Å². The van der Waals surface area contributed by atoms with E-state index >= 15 is 0 Å². The lowest BCUT2D eigenvalue weighted by Crippen LogP contribution is -2.34. The SMILES string of the molecule is CCC(C)NCC(=O)Nc1ccccc1-c1n[nH]c(C)n1. The molecule has 112 valence electrons. The lowest BCUT2D eigenvalue weighted by molar-refractivity contribution is -0.115. The summed E-state index contributed by atoms with van der Waals surface area (Å²) in [5, 5.41) is 13.0. The van der Waals surface area contributed by atoms with Gasteiger partial charge < -0.3 is 10.6 Å². The first kappa shape index (κ1) is 15.2. The molecule has 0 fully saturated rings. The number of hydrogen-bond donors (Lipinski definition) is 3. The standard InChI is InChI=1S/C15H21N5O/c1-4-10(2)16-9-14(21)18-13-8-6-5-7-12(13)15-17-11(3)19-20-15/h5-8,10,16H,4,9H2,1-3H3,(H,18,21)(H,17,19,20). The Morgan fingerprint density at radius 3 is 2.81 bits per heavy atom. The van der Waals surface area contributed by atoms with Gasteiger partial charge in [-0.3, -0.25) is 9.89 Å². The normalized spacial score (nSPS) is 12.1. The number of rotatable bonds is 6. The first-order valence-corrected chi connectivity index (χ1v) is 7.11. The highest BCUT2D eigenvalue weighted by Gasteiger charge is 2.11. The average Bonchev–Trinajstić information content (AvgIpc) is 2.91. The lowest BCUT2D eigenvalue weighted by Gasteiger charge is -2.12. The van der Waals surface area contributed by atoms with E-state index in [1.54, 1.807) is 0 Å². The predicted molar refractivity (Wildman–Crippen MR) is 82.9 cm³/mol. The van der Waals surface area contributed by atoms with Crippen LogP contribution >= 0.6 is 0 Å². The van der Waals surface area contributed by atoms with Gasteiger partial charge in [-0.05, 0) is 32.4 Å². The summed E-state index contributed by atoms with van der Waals surface area (Å²) in [6.45, 7) is 6.26. The van der Waals surface area contributed by atoms with E-state index in [0.29, 0.717) is 17.6 Å². The van der Waals surface area contributed by atoms with Gasteiger partial charge in [-0.1, -0.05) is 19.1 Å². The van der Waals surface area contributed by atoms with Gasteiger partial charge in [0.25, 0.3) is 0 Å². The summed E-state index contributed by atoms with van der Waals surface area (Å²) in [6, 6.07) is 7.83. The van der Waals surface area contributed by atoms with Crippen LogP contribution in [0, 0.1) is 6.92 Å². The fourth-order valence-electron chi connectivity index (χ4n) is 1.86. The van der Waals surface area contributed by atoms with Crippen LogP contribution in [0.5, 0.6) is 0 Å². The number of H-pyrrole nitrogens is 1. The Balaban J connectivity index is 2.08. The maximum absolute atomic E-state index is 12.0. The van der Waals surface area contributed by atoms with Gasteiger partial charge in [0, 0.05) is 11.6 Å². The Morgan fingerprint density at radius 2 is 2.14 bits per heavy atom. The molecule has 1 atom stereocenters. The summed E-state index contributed by atoms with van der Waals surface area (Å²) in [4.78, 5) is 16.3. The quantitative estimate of drug-likeness (QED) is 0.760. The third-order valence-electron chi connectivity index (χ3n) is 3.26. The Morgan fingerprint density at radius 1 is 1.38 bits per heavy atom. The zero-order valence-corrected chi connectivity index (χ0v) is 12.6. The Kier molecular flexibility index (Phi) is 5.05. The third kappa shape index (κ3) is 4.13. The van der Waals surface area contributed by atoms with E-state index in [-0.39, 0.29) is 12.5 Å². The molecule has 2 rings (SSSR count). The van der Waals surface area contributed by atoms with E-state index in [1.165, 1.54) is 0 Å². The molecule has 0 radical (unpaired) electrons. The zero-order valence-electron chi connectivity index (χ0n) is 12.6. The monoisotopic (exact) mass is 287 g/mol. The number of carbonyl (C=O) groups is 1. The van der Waals surface area contributed by atoms with Crippen molar-refractivity contribution in [2.75, 3.05) is 11.9 Å². The summed E-state index contributed by atoms with van der Waals surface area (Å²) >= 11 is 0. The third-order valence-corrected chi connectivity index (χ3v) is 3.26. The fraction of sp³-hybridized carbons (Fsp3) is 0.400. The molecule has 0 aliphatic rings. The molecule has 1 aromatic heterocycles. The number of amides is 1. The number of nitrogens with zero attached hydrogens (tertiary/aromatic N) is 2. The van der Waals surface area contributed by atoms with Crippen molar-refractivity contribution in [3.8, 4) is 11.4 Å². The van der Waals surface area contributed by atoms with Crippen molar-refractivity contribution >= 4 is 11.6 Å². The minimum absolute atomic E-state index is 0.0741. The molecule has 0 saturated carbocycles. The van der Waals surface area contributed by atoms with Crippen molar-refractivity contribution in [1.29, 1.82) is 0 Å². The van der Waals surface area contributed by atoms with Crippen molar-refractivity contribution < 1.29 is 4.79 Å². The maximum Gasteiger partial charge on any atom is 0.238 e. The van der Waals surface area contributed by atoms with Crippen LogP contribution in [-0.4, -0.2) is 33.7 Å². The van der Waals surface area contributed by atoms with Crippen molar-refractivity contribution in [2.24, 2.45) is 0 Å². The summed E-state index contributed by atoms with van der Waals surface area (Å²) in [5.41, 5.74) is 1.52. The minimum atomic E-state index is -0.0741. The van der Waals surface area contributed by atoms with E-state index in [4.69, 9.17) is 0 Å². The molecular weight excluding hydrogens is 266 g/mol. The molecule has 21 heavy (non-hydrogen) atoms. The summed E-state index contributed by atoms with van der Waals surface area (Å²) in [6.07, 6.45) is 0.986. The summed E-state index contributed by atoms with van der Waals surface area (Å²) in [7, 11) is 0.